The van der Waals surface area contributed by atoms with E-state index in [1.165, 1.54) is 0 Å². The van der Waals surface area contributed by atoms with Crippen LogP contribution in [0.1, 0.15) is 36.5 Å². The summed E-state index contributed by atoms with van der Waals surface area (Å²) in [4.78, 5) is 12.2. The van der Waals surface area contributed by atoms with Crippen LogP contribution in [0.15, 0.2) is 12.1 Å². The van der Waals surface area contributed by atoms with E-state index >= 15 is 0 Å². The van der Waals surface area contributed by atoms with Gasteiger partial charge in [0.05, 0.1) is 12.1 Å². The summed E-state index contributed by atoms with van der Waals surface area (Å²) in [6, 6.07) is 1.09. The normalized spacial score (nSPS) is 29.6. The standard InChI is InChI=1S/C16H18F3NO3/c1-2-22-13-8-12(16(13)4-3-5-23-16)20-15(21)9-6-10(17)14(19)11(18)7-9/h6-7,12-13H,2-5,8H2,1H3,(H,20,21)/t12-,13+,16-/m0/s1. The molecule has 0 radical (unpaired) electrons. The Kier molecular flexibility index (Phi) is 4.33. The minimum absolute atomic E-state index is 0.0954. The van der Waals surface area contributed by atoms with Crippen LogP contribution in [-0.2, 0) is 9.47 Å². The largest absolute Gasteiger partial charge is 0.375 e. The lowest BCUT2D eigenvalue weighted by molar-refractivity contribution is -0.194. The Morgan fingerprint density at radius 1 is 1.39 bits per heavy atom. The molecule has 1 amide bonds. The number of nitrogens with one attached hydrogen (secondary N) is 1. The second-order valence-corrected chi connectivity index (χ2v) is 5.87. The molecule has 23 heavy (non-hydrogen) atoms. The van der Waals surface area contributed by atoms with Crippen LogP contribution >= 0.6 is 0 Å². The van der Waals surface area contributed by atoms with Crippen molar-refractivity contribution in [2.75, 3.05) is 13.2 Å². The van der Waals surface area contributed by atoms with Gasteiger partial charge >= 0.3 is 0 Å². The summed E-state index contributed by atoms with van der Waals surface area (Å²) in [7, 11) is 0. The first-order chi connectivity index (χ1) is 11.0. The second kappa shape index (κ2) is 6.13. The number of benzene rings is 1. The Morgan fingerprint density at radius 3 is 2.65 bits per heavy atom. The molecule has 126 valence electrons. The number of amides is 1. The van der Waals surface area contributed by atoms with E-state index in [9.17, 15) is 18.0 Å². The van der Waals surface area contributed by atoms with Gasteiger partial charge in [-0.3, -0.25) is 4.79 Å². The zero-order valence-corrected chi connectivity index (χ0v) is 12.7. The summed E-state index contributed by atoms with van der Waals surface area (Å²) in [5.74, 6) is -5.01. The van der Waals surface area contributed by atoms with Gasteiger partial charge in [0.1, 0.15) is 5.60 Å². The number of hydrogen-bond donors (Lipinski definition) is 1. The van der Waals surface area contributed by atoms with Crippen molar-refractivity contribution in [1.29, 1.82) is 0 Å². The summed E-state index contributed by atoms with van der Waals surface area (Å²) in [5, 5.41) is 2.73. The zero-order chi connectivity index (χ0) is 16.6. The molecule has 2 aliphatic rings. The molecule has 1 saturated heterocycles. The van der Waals surface area contributed by atoms with Crippen LogP contribution in [-0.4, -0.2) is 36.9 Å². The van der Waals surface area contributed by atoms with E-state index in [1.54, 1.807) is 0 Å². The van der Waals surface area contributed by atoms with Crippen LogP contribution in [0.5, 0.6) is 0 Å². The van der Waals surface area contributed by atoms with Crippen LogP contribution < -0.4 is 5.32 Å². The van der Waals surface area contributed by atoms with E-state index in [0.717, 1.165) is 12.8 Å². The van der Waals surface area contributed by atoms with E-state index < -0.39 is 29.0 Å². The lowest BCUT2D eigenvalue weighted by Gasteiger charge is -2.52. The lowest BCUT2D eigenvalue weighted by Crippen LogP contribution is -2.69. The maximum absolute atomic E-state index is 13.3. The van der Waals surface area contributed by atoms with E-state index in [4.69, 9.17) is 9.47 Å². The Hall–Kier alpha value is -1.60. The Morgan fingerprint density at radius 2 is 2.09 bits per heavy atom. The molecule has 4 nitrogen and oxygen atoms in total. The summed E-state index contributed by atoms with van der Waals surface area (Å²) in [5.41, 5.74) is -0.822. The van der Waals surface area contributed by atoms with Crippen molar-refractivity contribution in [3.63, 3.8) is 0 Å². The van der Waals surface area contributed by atoms with Crippen molar-refractivity contribution in [3.8, 4) is 0 Å². The van der Waals surface area contributed by atoms with Crippen LogP contribution in [0.3, 0.4) is 0 Å². The molecule has 0 aromatic heterocycles. The minimum atomic E-state index is -1.59. The average Bonchev–Trinajstić information content (AvgIpc) is 3.03. The highest BCUT2D eigenvalue weighted by molar-refractivity contribution is 5.94. The number of carbonyl (C=O) groups is 1. The van der Waals surface area contributed by atoms with Crippen molar-refractivity contribution in [2.45, 2.75) is 43.9 Å². The molecule has 1 heterocycles. The second-order valence-electron chi connectivity index (χ2n) is 5.87. The molecule has 1 aromatic rings. The van der Waals surface area contributed by atoms with Gasteiger partial charge in [0.2, 0.25) is 0 Å². The van der Waals surface area contributed by atoms with Gasteiger partial charge in [-0.25, -0.2) is 13.2 Å². The van der Waals surface area contributed by atoms with Crippen LogP contribution in [0.2, 0.25) is 0 Å². The third-order valence-corrected chi connectivity index (χ3v) is 4.59. The molecular weight excluding hydrogens is 311 g/mol. The van der Waals surface area contributed by atoms with Gasteiger partial charge in [-0.15, -0.1) is 0 Å². The maximum Gasteiger partial charge on any atom is 0.251 e. The summed E-state index contributed by atoms with van der Waals surface area (Å²) in [6.07, 6.45) is 2.11. The van der Waals surface area contributed by atoms with E-state index in [1.807, 2.05) is 6.92 Å². The molecule has 2 fully saturated rings. The Bertz CT molecular complexity index is 594. The van der Waals surface area contributed by atoms with E-state index in [0.29, 0.717) is 31.8 Å². The molecular formula is C16H18F3NO3. The monoisotopic (exact) mass is 329 g/mol. The highest BCUT2D eigenvalue weighted by Crippen LogP contribution is 2.45. The number of hydrogen-bond acceptors (Lipinski definition) is 3. The molecule has 1 aliphatic carbocycles. The fraction of sp³-hybridized carbons (Fsp3) is 0.562. The van der Waals surface area contributed by atoms with Gasteiger partial charge in [0.15, 0.2) is 17.5 Å². The summed E-state index contributed by atoms with van der Waals surface area (Å²) >= 11 is 0. The van der Waals surface area contributed by atoms with Crippen molar-refractivity contribution >= 4 is 5.91 Å². The molecule has 1 aliphatic heterocycles. The van der Waals surface area contributed by atoms with Gasteiger partial charge < -0.3 is 14.8 Å². The quantitative estimate of drug-likeness (QED) is 0.864. The summed E-state index contributed by atoms with van der Waals surface area (Å²) in [6.45, 7) is 3.03. The SMILES string of the molecule is CCO[C@@H]1C[C@H](NC(=O)c2cc(F)c(F)c(F)c2)[C@@]12CCCO2. The van der Waals surface area contributed by atoms with E-state index in [-0.39, 0.29) is 17.7 Å². The average molecular weight is 329 g/mol. The fourth-order valence-electron chi connectivity index (χ4n) is 3.41. The third-order valence-electron chi connectivity index (χ3n) is 4.59. The van der Waals surface area contributed by atoms with Crippen LogP contribution in [0, 0.1) is 17.5 Å². The number of carbonyl (C=O) groups excluding carboxylic acids is 1. The van der Waals surface area contributed by atoms with Crippen molar-refractivity contribution in [1.82, 2.24) is 5.32 Å². The molecule has 1 aromatic carbocycles. The molecule has 1 N–H and O–H groups in total. The van der Waals surface area contributed by atoms with Crippen LogP contribution in [0.25, 0.3) is 0 Å². The van der Waals surface area contributed by atoms with Crippen LogP contribution in [0.4, 0.5) is 13.2 Å². The van der Waals surface area contributed by atoms with Crippen molar-refractivity contribution in [3.05, 3.63) is 35.1 Å². The van der Waals surface area contributed by atoms with E-state index in [2.05, 4.69) is 5.32 Å². The minimum Gasteiger partial charge on any atom is -0.375 e. The third kappa shape index (κ3) is 2.72. The molecule has 0 unspecified atom stereocenters. The van der Waals surface area contributed by atoms with Crippen molar-refractivity contribution < 1.29 is 27.4 Å². The van der Waals surface area contributed by atoms with Crippen molar-refractivity contribution in [2.24, 2.45) is 0 Å². The van der Waals surface area contributed by atoms with Gasteiger partial charge in [0.25, 0.3) is 5.91 Å². The molecule has 0 bridgehead atoms. The molecule has 3 atom stereocenters. The highest BCUT2D eigenvalue weighted by Gasteiger charge is 2.59. The first-order valence-corrected chi connectivity index (χ1v) is 7.69. The predicted octanol–water partition coefficient (Wildman–Crippen LogP) is 2.56. The lowest BCUT2D eigenvalue weighted by atomic mass is 9.70. The molecule has 1 saturated carbocycles. The predicted molar refractivity (Wildman–Crippen MR) is 75.5 cm³/mol. The fourth-order valence-corrected chi connectivity index (χ4v) is 3.41. The Labute approximate surface area is 132 Å². The van der Waals surface area contributed by atoms with Gasteiger partial charge in [-0.1, -0.05) is 0 Å². The number of halogens is 3. The number of ether oxygens (including phenoxy) is 2. The zero-order valence-electron chi connectivity index (χ0n) is 12.7. The van der Waals surface area contributed by atoms with Gasteiger partial charge in [0, 0.05) is 18.8 Å². The Balaban J connectivity index is 1.73. The van der Waals surface area contributed by atoms with Gasteiger partial charge in [-0.05, 0) is 38.3 Å². The first-order valence-electron chi connectivity index (χ1n) is 7.69. The molecule has 3 rings (SSSR count). The topological polar surface area (TPSA) is 47.6 Å². The van der Waals surface area contributed by atoms with Gasteiger partial charge in [-0.2, -0.15) is 0 Å². The highest BCUT2D eigenvalue weighted by atomic mass is 19.2. The smallest absolute Gasteiger partial charge is 0.251 e. The first kappa shape index (κ1) is 16.3. The number of rotatable bonds is 4. The summed E-state index contributed by atoms with van der Waals surface area (Å²) < 4.78 is 50.9. The molecule has 7 heteroatoms. The maximum atomic E-state index is 13.3. The molecule has 1 spiro atoms.